The molecule has 6 nitrogen and oxygen atoms in total. The summed E-state index contributed by atoms with van der Waals surface area (Å²) in [4.78, 5) is 7.78. The van der Waals surface area contributed by atoms with Crippen LogP contribution in [0.3, 0.4) is 0 Å². The minimum Gasteiger partial charge on any atom is -0.402 e. The molecular formula is C23H18F5N4O2+. The third-order valence-electron chi connectivity index (χ3n) is 5.08. The Hall–Kier alpha value is -4.02. The highest BCUT2D eigenvalue weighted by Gasteiger charge is 2.33. The third-order valence-corrected chi connectivity index (χ3v) is 5.08. The number of hydrogen-bond donors (Lipinski definition) is 2. The largest absolute Gasteiger partial charge is 0.422 e. The number of aryl methyl sites for hydroxylation is 1. The fourth-order valence-electron chi connectivity index (χ4n) is 3.38. The zero-order chi connectivity index (χ0) is 24.5. The van der Waals surface area contributed by atoms with Gasteiger partial charge in [-0.25, -0.2) is 18.7 Å². The molecule has 0 unspecified atom stereocenters. The van der Waals surface area contributed by atoms with Crippen LogP contribution in [0.5, 0.6) is 11.6 Å². The van der Waals surface area contributed by atoms with E-state index in [1.54, 1.807) is 25.1 Å². The van der Waals surface area contributed by atoms with Crippen LogP contribution in [0.2, 0.25) is 0 Å². The first-order valence-electron chi connectivity index (χ1n) is 10.1. The molecule has 0 saturated carbocycles. The lowest BCUT2D eigenvalue weighted by molar-refractivity contribution is -0.905. The standard InChI is InChI=1S/C23H18F5N4O2/c1-13-10-14(2-5-18(13)34-19-11-15(23(26,27)28)7-9-32(19)33)6-8-29-22-20-16(24)3-4-17(25)21(20)30-12-31-22/h2-5,7,9-12,33H,6,8H2,1H3,(H,29,30,31)/q+1. The van der Waals surface area contributed by atoms with Gasteiger partial charge in [-0.2, -0.15) is 13.2 Å². The average molecular weight is 477 g/mol. The second kappa shape index (κ2) is 9.08. The number of nitrogens with zero attached hydrogens (tertiary/aromatic N) is 3. The van der Waals surface area contributed by atoms with Crippen molar-refractivity contribution < 1.29 is 36.6 Å². The van der Waals surface area contributed by atoms with E-state index in [9.17, 15) is 27.2 Å². The Labute approximate surface area is 190 Å². The van der Waals surface area contributed by atoms with Crippen molar-refractivity contribution >= 4 is 16.7 Å². The summed E-state index contributed by atoms with van der Waals surface area (Å²) in [6, 6.07) is 8.48. The molecule has 176 valence electrons. The van der Waals surface area contributed by atoms with E-state index >= 15 is 0 Å². The van der Waals surface area contributed by atoms with Gasteiger partial charge in [0, 0.05) is 17.3 Å². The van der Waals surface area contributed by atoms with E-state index in [1.165, 1.54) is 0 Å². The summed E-state index contributed by atoms with van der Waals surface area (Å²) in [6.07, 6.45) is -2.11. The summed E-state index contributed by atoms with van der Waals surface area (Å²) in [5, 5.41) is 12.7. The molecule has 2 aromatic heterocycles. The molecule has 0 saturated heterocycles. The second-order valence-corrected chi connectivity index (χ2v) is 7.45. The van der Waals surface area contributed by atoms with Crippen LogP contribution in [-0.4, -0.2) is 21.7 Å². The molecule has 0 radical (unpaired) electrons. The molecule has 34 heavy (non-hydrogen) atoms. The number of halogens is 5. The first-order chi connectivity index (χ1) is 16.1. The van der Waals surface area contributed by atoms with E-state index in [2.05, 4.69) is 15.3 Å². The van der Waals surface area contributed by atoms with Crippen LogP contribution < -0.4 is 14.8 Å². The van der Waals surface area contributed by atoms with Gasteiger partial charge in [-0.05, 0) is 42.7 Å². The van der Waals surface area contributed by atoms with E-state index in [4.69, 9.17) is 4.74 Å². The van der Waals surface area contributed by atoms with Crippen molar-refractivity contribution in [3.05, 3.63) is 83.3 Å². The maximum atomic E-state index is 14.2. The average Bonchev–Trinajstić information content (AvgIpc) is 2.78. The molecule has 0 fully saturated rings. The minimum absolute atomic E-state index is 0.0409. The molecule has 0 amide bonds. The Kier molecular flexibility index (Phi) is 6.18. The summed E-state index contributed by atoms with van der Waals surface area (Å²) < 4.78 is 72.9. The maximum absolute atomic E-state index is 14.2. The van der Waals surface area contributed by atoms with E-state index in [0.717, 1.165) is 36.3 Å². The molecule has 0 atom stereocenters. The number of pyridine rings is 1. The van der Waals surface area contributed by atoms with Gasteiger partial charge in [-0.15, -0.1) is 0 Å². The smallest absolute Gasteiger partial charge is 0.402 e. The minimum atomic E-state index is -4.58. The predicted octanol–water partition coefficient (Wildman–Crippen LogP) is 5.21. The van der Waals surface area contributed by atoms with Crippen LogP contribution in [0.25, 0.3) is 10.9 Å². The molecule has 2 N–H and O–H groups in total. The molecular weight excluding hydrogens is 459 g/mol. The molecule has 11 heteroatoms. The Morgan fingerprint density at radius 2 is 1.79 bits per heavy atom. The lowest BCUT2D eigenvalue weighted by Gasteiger charge is -2.11. The maximum Gasteiger partial charge on any atom is 0.422 e. The van der Waals surface area contributed by atoms with Crippen molar-refractivity contribution in [3.63, 3.8) is 0 Å². The molecule has 0 spiro atoms. The Bertz CT molecular complexity index is 1360. The highest BCUT2D eigenvalue weighted by atomic mass is 19.4. The van der Waals surface area contributed by atoms with Crippen molar-refractivity contribution in [1.29, 1.82) is 0 Å². The monoisotopic (exact) mass is 477 g/mol. The van der Waals surface area contributed by atoms with Crippen molar-refractivity contribution in [1.82, 2.24) is 9.97 Å². The van der Waals surface area contributed by atoms with Gasteiger partial charge in [0.1, 0.15) is 35.0 Å². The fourth-order valence-corrected chi connectivity index (χ4v) is 3.38. The van der Waals surface area contributed by atoms with Gasteiger partial charge in [0.05, 0.1) is 17.0 Å². The molecule has 0 aliphatic heterocycles. The first kappa shape index (κ1) is 23.1. The molecule has 0 aliphatic carbocycles. The van der Waals surface area contributed by atoms with Crippen molar-refractivity contribution in [2.24, 2.45) is 0 Å². The zero-order valence-electron chi connectivity index (χ0n) is 17.7. The zero-order valence-corrected chi connectivity index (χ0v) is 17.7. The number of alkyl halides is 3. The van der Waals surface area contributed by atoms with E-state index < -0.39 is 29.3 Å². The number of nitrogens with one attached hydrogen (secondary N) is 1. The van der Waals surface area contributed by atoms with Crippen LogP contribution in [0.1, 0.15) is 16.7 Å². The number of hydrogen-bond acceptors (Lipinski definition) is 5. The summed E-state index contributed by atoms with van der Waals surface area (Å²) in [5.41, 5.74) is 0.395. The van der Waals surface area contributed by atoms with E-state index in [0.29, 0.717) is 29.3 Å². The van der Waals surface area contributed by atoms with Gasteiger partial charge in [0.15, 0.2) is 0 Å². The molecule has 4 rings (SSSR count). The quantitative estimate of drug-likeness (QED) is 0.227. The third kappa shape index (κ3) is 4.82. The second-order valence-electron chi connectivity index (χ2n) is 7.45. The van der Waals surface area contributed by atoms with Gasteiger partial charge < -0.3 is 10.1 Å². The highest BCUT2D eigenvalue weighted by Crippen LogP contribution is 2.32. The van der Waals surface area contributed by atoms with E-state index in [1.807, 2.05) is 0 Å². The Balaban J connectivity index is 1.46. The Morgan fingerprint density at radius 1 is 1.03 bits per heavy atom. The highest BCUT2D eigenvalue weighted by molar-refractivity contribution is 5.89. The van der Waals surface area contributed by atoms with Crippen LogP contribution in [0.15, 0.2) is 55.0 Å². The van der Waals surface area contributed by atoms with E-state index in [-0.39, 0.29) is 22.5 Å². The van der Waals surface area contributed by atoms with Gasteiger partial charge >= 0.3 is 12.1 Å². The number of fused-ring (bicyclic) bond motifs is 1. The predicted molar refractivity (Wildman–Crippen MR) is 112 cm³/mol. The van der Waals surface area contributed by atoms with Gasteiger partial charge in [-0.1, -0.05) is 12.1 Å². The Morgan fingerprint density at radius 3 is 2.53 bits per heavy atom. The van der Waals surface area contributed by atoms with Crippen LogP contribution in [0, 0.1) is 18.6 Å². The summed E-state index contributed by atoms with van der Waals surface area (Å²) in [5.74, 6) is -1.27. The molecule has 2 heterocycles. The number of benzene rings is 2. The van der Waals surface area contributed by atoms with Crippen molar-refractivity contribution in [3.8, 4) is 11.6 Å². The first-order valence-corrected chi connectivity index (χ1v) is 10.1. The SMILES string of the molecule is Cc1cc(CCNc2ncnc3c(F)ccc(F)c23)ccc1Oc1cc(C(F)(F)F)cc[n+]1O. The fraction of sp³-hybridized carbons (Fsp3) is 0.174. The van der Waals surface area contributed by atoms with Crippen LogP contribution in [-0.2, 0) is 12.6 Å². The van der Waals surface area contributed by atoms with Crippen LogP contribution in [0.4, 0.5) is 27.8 Å². The topological polar surface area (TPSA) is 71.2 Å². The molecule has 0 aliphatic rings. The summed E-state index contributed by atoms with van der Waals surface area (Å²) in [7, 11) is 0. The van der Waals surface area contributed by atoms with Gasteiger partial charge in [0.25, 0.3) is 0 Å². The van der Waals surface area contributed by atoms with Crippen molar-refractivity contribution in [2.75, 3.05) is 11.9 Å². The number of rotatable bonds is 6. The number of anilines is 1. The van der Waals surface area contributed by atoms with Gasteiger partial charge in [0.2, 0.25) is 6.20 Å². The number of aromatic nitrogens is 3. The van der Waals surface area contributed by atoms with Crippen LogP contribution >= 0.6 is 0 Å². The lowest BCUT2D eigenvalue weighted by Crippen LogP contribution is -2.32. The lowest BCUT2D eigenvalue weighted by atomic mass is 10.1. The van der Waals surface area contributed by atoms with Gasteiger partial charge in [-0.3, -0.25) is 5.21 Å². The van der Waals surface area contributed by atoms with Crippen molar-refractivity contribution in [2.45, 2.75) is 19.5 Å². The number of ether oxygens (including phenoxy) is 1. The molecule has 4 aromatic rings. The summed E-state index contributed by atoms with van der Waals surface area (Å²) >= 11 is 0. The molecule has 2 aromatic carbocycles. The normalized spacial score (nSPS) is 11.6. The summed E-state index contributed by atoms with van der Waals surface area (Å²) in [6.45, 7) is 2.05. The molecule has 0 bridgehead atoms.